The Morgan fingerprint density at radius 2 is 1.87 bits per heavy atom. The van der Waals surface area contributed by atoms with Crippen molar-refractivity contribution in [1.29, 1.82) is 0 Å². The van der Waals surface area contributed by atoms with Crippen LogP contribution in [0.15, 0.2) is 0 Å². The Hall–Kier alpha value is -0.420. The zero-order valence-electron chi connectivity index (χ0n) is 9.10. The summed E-state index contributed by atoms with van der Waals surface area (Å²) in [6, 6.07) is 0. The van der Waals surface area contributed by atoms with Crippen molar-refractivity contribution in [1.82, 2.24) is 0 Å². The molecule has 0 aliphatic carbocycles. The molecular weight excluding hydrogens is 223 g/mol. The molecule has 0 amide bonds. The van der Waals surface area contributed by atoms with Gasteiger partial charge in [0.1, 0.15) is 6.61 Å². The van der Waals surface area contributed by atoms with E-state index in [1.54, 1.807) is 13.8 Å². The maximum absolute atomic E-state index is 11.3. The van der Waals surface area contributed by atoms with Crippen molar-refractivity contribution in [2.24, 2.45) is 5.41 Å². The lowest BCUT2D eigenvalue weighted by atomic mass is 9.91. The van der Waals surface area contributed by atoms with Crippen LogP contribution in [0.5, 0.6) is 0 Å². The van der Waals surface area contributed by atoms with Gasteiger partial charge in [-0.25, -0.2) is 4.57 Å². The van der Waals surface area contributed by atoms with Gasteiger partial charge in [0.2, 0.25) is 0 Å². The molecule has 15 heavy (non-hydrogen) atoms. The van der Waals surface area contributed by atoms with Crippen LogP contribution in [-0.2, 0) is 18.6 Å². The van der Waals surface area contributed by atoms with Gasteiger partial charge in [0, 0.05) is 0 Å². The molecule has 90 valence electrons. The van der Waals surface area contributed by atoms with E-state index >= 15 is 0 Å². The second kappa shape index (κ2) is 5.61. The summed E-state index contributed by atoms with van der Waals surface area (Å²) in [4.78, 5) is 28.0. The molecule has 0 aromatic heterocycles. The molecule has 0 saturated carbocycles. The molecule has 0 saturated heterocycles. The SMILES string of the molecule is CCC(C)(C)C(=O)OCCOP(=O)(O)O. The number of ether oxygens (including phenoxy) is 1. The van der Waals surface area contributed by atoms with E-state index in [2.05, 4.69) is 4.52 Å². The molecule has 0 aromatic carbocycles. The van der Waals surface area contributed by atoms with Gasteiger partial charge < -0.3 is 14.5 Å². The predicted molar refractivity (Wildman–Crippen MR) is 53.0 cm³/mol. The van der Waals surface area contributed by atoms with Crippen LogP contribution >= 0.6 is 7.82 Å². The first-order valence-corrected chi connectivity index (χ1v) is 6.09. The number of phosphoric ester groups is 1. The Labute approximate surface area is 88.8 Å². The fraction of sp³-hybridized carbons (Fsp3) is 0.875. The smallest absolute Gasteiger partial charge is 0.463 e. The van der Waals surface area contributed by atoms with Crippen LogP contribution in [0.2, 0.25) is 0 Å². The molecule has 0 aliphatic rings. The Kier molecular flexibility index (Phi) is 5.45. The molecule has 0 aliphatic heterocycles. The zero-order valence-corrected chi connectivity index (χ0v) is 9.99. The van der Waals surface area contributed by atoms with Crippen LogP contribution in [0, 0.1) is 5.41 Å². The Balaban J connectivity index is 3.79. The first-order valence-electron chi connectivity index (χ1n) is 4.56. The molecule has 0 unspecified atom stereocenters. The molecule has 7 heteroatoms. The summed E-state index contributed by atoms with van der Waals surface area (Å²) in [6.07, 6.45) is 0.630. The van der Waals surface area contributed by atoms with E-state index in [-0.39, 0.29) is 13.2 Å². The summed E-state index contributed by atoms with van der Waals surface area (Å²) in [5, 5.41) is 0. The summed E-state index contributed by atoms with van der Waals surface area (Å²) in [5.41, 5.74) is -0.581. The summed E-state index contributed by atoms with van der Waals surface area (Å²) in [5.74, 6) is -0.403. The van der Waals surface area contributed by atoms with Crippen molar-refractivity contribution in [2.45, 2.75) is 27.2 Å². The molecule has 0 spiro atoms. The molecule has 0 bridgehead atoms. The highest BCUT2D eigenvalue weighted by atomic mass is 31.2. The quantitative estimate of drug-likeness (QED) is 0.410. The maximum atomic E-state index is 11.3. The van der Waals surface area contributed by atoms with E-state index in [1.165, 1.54) is 0 Å². The van der Waals surface area contributed by atoms with Gasteiger partial charge in [-0.1, -0.05) is 6.92 Å². The maximum Gasteiger partial charge on any atom is 0.469 e. The van der Waals surface area contributed by atoms with E-state index in [1.807, 2.05) is 6.92 Å². The van der Waals surface area contributed by atoms with Crippen molar-refractivity contribution >= 4 is 13.8 Å². The largest absolute Gasteiger partial charge is 0.469 e. The van der Waals surface area contributed by atoms with Crippen molar-refractivity contribution in [3.63, 3.8) is 0 Å². The minimum absolute atomic E-state index is 0.159. The molecule has 0 heterocycles. The van der Waals surface area contributed by atoms with Crippen LogP contribution in [-0.4, -0.2) is 29.0 Å². The summed E-state index contributed by atoms with van der Waals surface area (Å²) >= 11 is 0. The topological polar surface area (TPSA) is 93.1 Å². The number of phosphoric acid groups is 1. The molecule has 0 atom stereocenters. The normalized spacial score (nSPS) is 12.6. The summed E-state index contributed by atoms with van der Waals surface area (Å²) in [6.45, 7) is 4.86. The second-order valence-corrected chi connectivity index (χ2v) is 4.94. The van der Waals surface area contributed by atoms with Crippen molar-refractivity contribution in [3.8, 4) is 0 Å². The van der Waals surface area contributed by atoms with Crippen LogP contribution in [0.25, 0.3) is 0 Å². The van der Waals surface area contributed by atoms with Gasteiger partial charge in [0.25, 0.3) is 0 Å². The number of carbonyl (C=O) groups excluding carboxylic acids is 1. The van der Waals surface area contributed by atoms with Gasteiger partial charge in [-0.2, -0.15) is 0 Å². The van der Waals surface area contributed by atoms with Gasteiger partial charge in [-0.3, -0.25) is 9.32 Å². The van der Waals surface area contributed by atoms with E-state index in [0.717, 1.165) is 0 Å². The van der Waals surface area contributed by atoms with Gasteiger partial charge in [0.05, 0.1) is 12.0 Å². The lowest BCUT2D eigenvalue weighted by Crippen LogP contribution is -2.26. The minimum atomic E-state index is -4.46. The van der Waals surface area contributed by atoms with Gasteiger partial charge in [-0.15, -0.1) is 0 Å². The summed E-state index contributed by atoms with van der Waals surface area (Å²) < 4.78 is 19.2. The number of hydrogen-bond donors (Lipinski definition) is 2. The molecule has 2 N–H and O–H groups in total. The number of hydrogen-bond acceptors (Lipinski definition) is 4. The third kappa shape index (κ3) is 6.62. The highest BCUT2D eigenvalue weighted by Crippen LogP contribution is 2.35. The Bertz CT molecular complexity index is 256. The van der Waals surface area contributed by atoms with Crippen LogP contribution in [0.3, 0.4) is 0 Å². The molecule has 0 radical (unpaired) electrons. The number of rotatable bonds is 6. The van der Waals surface area contributed by atoms with E-state index in [4.69, 9.17) is 14.5 Å². The average Bonchev–Trinajstić information content (AvgIpc) is 2.10. The standard InChI is InChI=1S/C8H17O6P/c1-4-8(2,3)7(9)13-5-6-14-15(10,11)12/h4-6H2,1-3H3,(H2,10,11,12). The van der Waals surface area contributed by atoms with E-state index in [0.29, 0.717) is 6.42 Å². The van der Waals surface area contributed by atoms with Gasteiger partial charge >= 0.3 is 13.8 Å². The minimum Gasteiger partial charge on any atom is -0.463 e. The van der Waals surface area contributed by atoms with Crippen molar-refractivity contribution < 1.29 is 28.4 Å². The molecule has 0 aromatic rings. The molecule has 0 rings (SSSR count). The lowest BCUT2D eigenvalue weighted by Gasteiger charge is -2.20. The monoisotopic (exact) mass is 240 g/mol. The van der Waals surface area contributed by atoms with Gasteiger partial charge in [-0.05, 0) is 20.3 Å². The fourth-order valence-corrected chi connectivity index (χ4v) is 0.943. The third-order valence-corrected chi connectivity index (χ3v) is 2.53. The molecule has 0 fully saturated rings. The van der Waals surface area contributed by atoms with Crippen molar-refractivity contribution in [2.75, 3.05) is 13.2 Å². The van der Waals surface area contributed by atoms with E-state index in [9.17, 15) is 9.36 Å². The lowest BCUT2D eigenvalue weighted by molar-refractivity contribution is -0.155. The summed E-state index contributed by atoms with van der Waals surface area (Å²) in [7, 11) is -4.46. The number of esters is 1. The molecular formula is C8H17O6P. The van der Waals surface area contributed by atoms with Crippen LogP contribution in [0.4, 0.5) is 0 Å². The first kappa shape index (κ1) is 14.6. The highest BCUT2D eigenvalue weighted by Gasteiger charge is 2.27. The zero-order chi connectivity index (χ0) is 12.1. The van der Waals surface area contributed by atoms with Crippen LogP contribution < -0.4 is 0 Å². The first-order chi connectivity index (χ1) is 6.69. The Morgan fingerprint density at radius 3 is 2.27 bits per heavy atom. The van der Waals surface area contributed by atoms with E-state index < -0.39 is 19.2 Å². The second-order valence-electron chi connectivity index (χ2n) is 3.70. The average molecular weight is 240 g/mol. The highest BCUT2D eigenvalue weighted by molar-refractivity contribution is 7.46. The predicted octanol–water partition coefficient (Wildman–Crippen LogP) is 1.08. The van der Waals surface area contributed by atoms with Crippen molar-refractivity contribution in [3.05, 3.63) is 0 Å². The Morgan fingerprint density at radius 1 is 1.33 bits per heavy atom. The molecule has 6 nitrogen and oxygen atoms in total. The van der Waals surface area contributed by atoms with Gasteiger partial charge in [0.15, 0.2) is 0 Å². The third-order valence-electron chi connectivity index (χ3n) is 2.01. The number of carbonyl (C=O) groups is 1. The fourth-order valence-electron chi connectivity index (χ4n) is 0.630. The van der Waals surface area contributed by atoms with Crippen LogP contribution in [0.1, 0.15) is 27.2 Å².